The van der Waals surface area contributed by atoms with E-state index >= 15 is 0 Å². The summed E-state index contributed by atoms with van der Waals surface area (Å²) < 4.78 is 10.3. The summed E-state index contributed by atoms with van der Waals surface area (Å²) in [6.45, 7) is 1.76. The molecule has 0 fully saturated rings. The van der Waals surface area contributed by atoms with E-state index in [2.05, 4.69) is 0 Å². The van der Waals surface area contributed by atoms with Crippen LogP contribution >= 0.6 is 11.6 Å². The number of halogens is 1. The highest BCUT2D eigenvalue weighted by Crippen LogP contribution is 2.27. The zero-order chi connectivity index (χ0) is 16.8. The topological polar surface area (TPSA) is 55.8 Å². The molecule has 1 unspecified atom stereocenters. The Morgan fingerprint density at radius 2 is 2.00 bits per heavy atom. The standard InChI is InChI=1S/C18H17ClO4/c1-12(14-5-3-4-6-15(14)19)23-18(21)10-8-13-7-9-16(20)17(11-13)22-2/h3-12,20H,1-2H3/b10-8+. The summed E-state index contributed by atoms with van der Waals surface area (Å²) in [6, 6.07) is 12.0. The van der Waals surface area contributed by atoms with Gasteiger partial charge in [-0.2, -0.15) is 0 Å². The quantitative estimate of drug-likeness (QED) is 0.652. The highest BCUT2D eigenvalue weighted by atomic mass is 35.5. The van der Waals surface area contributed by atoms with Crippen molar-refractivity contribution in [2.45, 2.75) is 13.0 Å². The molecule has 0 heterocycles. The van der Waals surface area contributed by atoms with Gasteiger partial charge in [-0.15, -0.1) is 0 Å². The summed E-state index contributed by atoms with van der Waals surface area (Å²) in [6.07, 6.45) is 2.46. The van der Waals surface area contributed by atoms with Gasteiger partial charge in [-0.3, -0.25) is 0 Å². The summed E-state index contributed by atoms with van der Waals surface area (Å²) in [5, 5.41) is 10.1. The van der Waals surface area contributed by atoms with E-state index in [1.54, 1.807) is 31.2 Å². The lowest BCUT2D eigenvalue weighted by molar-refractivity contribution is -0.142. The maximum absolute atomic E-state index is 11.9. The van der Waals surface area contributed by atoms with Crippen LogP contribution in [0.3, 0.4) is 0 Å². The van der Waals surface area contributed by atoms with Crippen LogP contribution < -0.4 is 4.74 Å². The van der Waals surface area contributed by atoms with Gasteiger partial charge in [0.15, 0.2) is 11.5 Å². The third kappa shape index (κ3) is 4.50. The number of aromatic hydroxyl groups is 1. The van der Waals surface area contributed by atoms with E-state index in [4.69, 9.17) is 21.1 Å². The molecule has 0 aromatic heterocycles. The second kappa shape index (κ2) is 7.70. The van der Waals surface area contributed by atoms with Gasteiger partial charge in [0.25, 0.3) is 0 Å². The molecule has 2 aromatic carbocycles. The second-order valence-corrected chi connectivity index (χ2v) is 5.27. The van der Waals surface area contributed by atoms with Gasteiger partial charge >= 0.3 is 5.97 Å². The number of esters is 1. The van der Waals surface area contributed by atoms with Crippen LogP contribution in [0.15, 0.2) is 48.5 Å². The molecular formula is C18H17ClO4. The molecule has 0 saturated carbocycles. The first kappa shape index (κ1) is 16.9. The van der Waals surface area contributed by atoms with E-state index in [1.807, 2.05) is 18.2 Å². The van der Waals surface area contributed by atoms with Crippen LogP contribution in [0.1, 0.15) is 24.2 Å². The molecule has 0 aliphatic carbocycles. The van der Waals surface area contributed by atoms with Crippen LogP contribution in [0.25, 0.3) is 6.08 Å². The Kier molecular flexibility index (Phi) is 5.66. The lowest BCUT2D eigenvalue weighted by Gasteiger charge is -2.13. The number of hydrogen-bond acceptors (Lipinski definition) is 4. The summed E-state index contributed by atoms with van der Waals surface area (Å²) in [5.41, 5.74) is 1.46. The number of benzene rings is 2. The number of ether oxygens (including phenoxy) is 2. The first-order chi connectivity index (χ1) is 11.0. The smallest absolute Gasteiger partial charge is 0.331 e. The summed E-state index contributed by atoms with van der Waals surface area (Å²) in [5.74, 6) is -0.103. The molecule has 0 aliphatic rings. The minimum Gasteiger partial charge on any atom is -0.504 e. The van der Waals surface area contributed by atoms with E-state index in [0.29, 0.717) is 16.3 Å². The molecule has 4 nitrogen and oxygen atoms in total. The van der Waals surface area contributed by atoms with E-state index in [0.717, 1.165) is 5.56 Å². The van der Waals surface area contributed by atoms with Crippen molar-refractivity contribution >= 4 is 23.6 Å². The van der Waals surface area contributed by atoms with Crippen LogP contribution in [0.2, 0.25) is 5.02 Å². The zero-order valence-electron chi connectivity index (χ0n) is 12.8. The molecule has 0 amide bonds. The molecular weight excluding hydrogens is 316 g/mol. The van der Waals surface area contributed by atoms with Crippen molar-refractivity contribution in [3.05, 3.63) is 64.7 Å². The number of carbonyl (C=O) groups excluding carboxylic acids is 1. The lowest BCUT2D eigenvalue weighted by Crippen LogP contribution is -2.06. The second-order valence-electron chi connectivity index (χ2n) is 4.87. The van der Waals surface area contributed by atoms with Crippen LogP contribution in [0.5, 0.6) is 11.5 Å². The number of phenolic OH excluding ortho intramolecular Hbond substituents is 1. The largest absolute Gasteiger partial charge is 0.504 e. The average Bonchev–Trinajstić information content (AvgIpc) is 2.54. The van der Waals surface area contributed by atoms with E-state index in [1.165, 1.54) is 19.3 Å². The summed E-state index contributed by atoms with van der Waals surface area (Å²) in [7, 11) is 1.46. The normalized spacial score (nSPS) is 12.1. The van der Waals surface area contributed by atoms with Crippen molar-refractivity contribution < 1.29 is 19.4 Å². The molecule has 0 spiro atoms. The molecule has 1 atom stereocenters. The van der Waals surface area contributed by atoms with Gasteiger partial charge in [0, 0.05) is 16.7 Å². The number of methoxy groups -OCH3 is 1. The minimum atomic E-state index is -0.482. The Hall–Kier alpha value is -2.46. The van der Waals surface area contributed by atoms with Gasteiger partial charge in [0.2, 0.25) is 0 Å². The Morgan fingerprint density at radius 1 is 1.26 bits per heavy atom. The molecule has 0 saturated heterocycles. The maximum Gasteiger partial charge on any atom is 0.331 e. The van der Waals surface area contributed by atoms with Crippen molar-refractivity contribution in [3.8, 4) is 11.5 Å². The van der Waals surface area contributed by atoms with Gasteiger partial charge in [-0.05, 0) is 36.8 Å². The van der Waals surface area contributed by atoms with E-state index in [-0.39, 0.29) is 5.75 Å². The maximum atomic E-state index is 11.9. The van der Waals surface area contributed by atoms with Gasteiger partial charge in [0.1, 0.15) is 6.10 Å². The highest BCUT2D eigenvalue weighted by molar-refractivity contribution is 6.31. The summed E-state index contributed by atoms with van der Waals surface area (Å²) >= 11 is 6.08. The Labute approximate surface area is 139 Å². The van der Waals surface area contributed by atoms with Crippen molar-refractivity contribution in [3.63, 3.8) is 0 Å². The first-order valence-electron chi connectivity index (χ1n) is 7.01. The van der Waals surface area contributed by atoms with Gasteiger partial charge in [0.05, 0.1) is 7.11 Å². The van der Waals surface area contributed by atoms with Crippen LogP contribution in [-0.2, 0) is 9.53 Å². The Morgan fingerprint density at radius 3 is 2.70 bits per heavy atom. The molecule has 0 radical (unpaired) electrons. The monoisotopic (exact) mass is 332 g/mol. The Bertz CT molecular complexity index is 725. The van der Waals surface area contributed by atoms with Crippen molar-refractivity contribution in [2.24, 2.45) is 0 Å². The van der Waals surface area contributed by atoms with Crippen LogP contribution in [0.4, 0.5) is 0 Å². The lowest BCUT2D eigenvalue weighted by atomic mass is 10.1. The third-order valence-corrected chi connectivity index (χ3v) is 3.60. The predicted molar refractivity (Wildman–Crippen MR) is 89.7 cm³/mol. The minimum absolute atomic E-state index is 0.0413. The average molecular weight is 333 g/mol. The molecule has 2 rings (SSSR count). The fourth-order valence-corrected chi connectivity index (χ4v) is 2.33. The zero-order valence-corrected chi connectivity index (χ0v) is 13.6. The number of rotatable bonds is 5. The van der Waals surface area contributed by atoms with Gasteiger partial charge in [-0.1, -0.05) is 35.9 Å². The van der Waals surface area contributed by atoms with Crippen molar-refractivity contribution in [2.75, 3.05) is 7.11 Å². The number of carbonyl (C=O) groups is 1. The molecule has 120 valence electrons. The van der Waals surface area contributed by atoms with E-state index < -0.39 is 12.1 Å². The summed E-state index contributed by atoms with van der Waals surface area (Å²) in [4.78, 5) is 11.9. The number of hydrogen-bond donors (Lipinski definition) is 1. The molecule has 5 heteroatoms. The third-order valence-electron chi connectivity index (χ3n) is 3.25. The van der Waals surface area contributed by atoms with Gasteiger partial charge in [-0.25, -0.2) is 4.79 Å². The fourth-order valence-electron chi connectivity index (χ4n) is 2.04. The van der Waals surface area contributed by atoms with Gasteiger partial charge < -0.3 is 14.6 Å². The molecule has 1 N–H and O–H groups in total. The SMILES string of the molecule is COc1cc(/C=C/C(=O)OC(C)c2ccccc2Cl)ccc1O. The Balaban J connectivity index is 2.03. The molecule has 2 aromatic rings. The van der Waals surface area contributed by atoms with Crippen molar-refractivity contribution in [1.29, 1.82) is 0 Å². The first-order valence-corrected chi connectivity index (χ1v) is 7.39. The highest BCUT2D eigenvalue weighted by Gasteiger charge is 2.12. The molecule has 0 aliphatic heterocycles. The predicted octanol–water partition coefficient (Wildman–Crippen LogP) is 4.37. The molecule has 23 heavy (non-hydrogen) atoms. The fraction of sp³-hybridized carbons (Fsp3) is 0.167. The van der Waals surface area contributed by atoms with Crippen LogP contribution in [-0.4, -0.2) is 18.2 Å². The molecule has 0 bridgehead atoms. The number of phenols is 1. The van der Waals surface area contributed by atoms with Crippen molar-refractivity contribution in [1.82, 2.24) is 0 Å². The van der Waals surface area contributed by atoms with Crippen LogP contribution in [0, 0.1) is 0 Å². The van der Waals surface area contributed by atoms with E-state index in [9.17, 15) is 9.90 Å².